The van der Waals surface area contributed by atoms with E-state index in [0.29, 0.717) is 94.7 Å². The minimum absolute atomic E-state index is 0.155. The molecule has 0 saturated heterocycles. The van der Waals surface area contributed by atoms with Crippen molar-refractivity contribution in [2.75, 3.05) is 70.5 Å². The van der Waals surface area contributed by atoms with Crippen LogP contribution in [-0.4, -0.2) is 70.5 Å². The molecular formula is C38H42O12. The number of hydrogen-bond acceptors (Lipinski definition) is 12. The van der Waals surface area contributed by atoms with Gasteiger partial charge in [0.15, 0.2) is 46.0 Å². The van der Waals surface area contributed by atoms with E-state index in [0.717, 1.165) is 33.4 Å². The molecule has 0 radical (unpaired) electrons. The van der Waals surface area contributed by atoms with Crippen LogP contribution >= 0.6 is 0 Å². The summed E-state index contributed by atoms with van der Waals surface area (Å²) in [4.78, 5) is 0. The minimum Gasteiger partial charge on any atom is -0.493 e. The molecule has 0 saturated carbocycles. The average molecular weight is 691 g/mol. The Kier molecular flexibility index (Phi) is 10.3. The molecule has 0 amide bonds. The van der Waals surface area contributed by atoms with Gasteiger partial charge >= 0.3 is 0 Å². The molecule has 12 heteroatoms. The van der Waals surface area contributed by atoms with Gasteiger partial charge in [-0.05, 0) is 84.3 Å². The maximum absolute atomic E-state index is 6.01. The van der Waals surface area contributed by atoms with E-state index in [-0.39, 0.29) is 13.6 Å². The van der Waals surface area contributed by atoms with Gasteiger partial charge in [-0.3, -0.25) is 0 Å². The second kappa shape index (κ2) is 14.9. The quantitative estimate of drug-likeness (QED) is 0.137. The molecular weight excluding hydrogens is 648 g/mol. The van der Waals surface area contributed by atoms with Crippen LogP contribution in [0, 0.1) is 0 Å². The van der Waals surface area contributed by atoms with Gasteiger partial charge in [0, 0.05) is 11.1 Å². The molecule has 4 aromatic carbocycles. The summed E-state index contributed by atoms with van der Waals surface area (Å²) in [5, 5.41) is 0. The second-order valence-corrected chi connectivity index (χ2v) is 11.4. The van der Waals surface area contributed by atoms with Crippen molar-refractivity contribution in [2.24, 2.45) is 0 Å². The topological polar surface area (TPSA) is 111 Å². The average Bonchev–Trinajstić information content (AvgIpc) is 3.84. The van der Waals surface area contributed by atoms with Crippen LogP contribution in [0.15, 0.2) is 36.4 Å². The van der Waals surface area contributed by atoms with Crippen molar-refractivity contribution in [1.82, 2.24) is 0 Å². The zero-order valence-corrected chi connectivity index (χ0v) is 29.6. The first-order chi connectivity index (χ1) is 24.4. The van der Waals surface area contributed by atoms with Gasteiger partial charge in [0.2, 0.25) is 36.6 Å². The Morgan fingerprint density at radius 1 is 0.400 bits per heavy atom. The number of rotatable bonds is 15. The number of aryl methyl sites for hydroxylation is 4. The van der Waals surface area contributed by atoms with Crippen LogP contribution < -0.4 is 56.8 Å². The number of methoxy groups -OCH3 is 8. The van der Waals surface area contributed by atoms with E-state index in [9.17, 15) is 0 Å². The highest BCUT2D eigenvalue weighted by Crippen LogP contribution is 2.54. The third kappa shape index (κ3) is 6.21. The molecule has 6 rings (SSSR count). The number of ether oxygens (including phenoxy) is 12. The lowest BCUT2D eigenvalue weighted by atomic mass is 9.92. The van der Waals surface area contributed by atoms with Crippen molar-refractivity contribution in [3.63, 3.8) is 0 Å². The van der Waals surface area contributed by atoms with E-state index in [4.69, 9.17) is 56.8 Å². The van der Waals surface area contributed by atoms with Crippen molar-refractivity contribution in [2.45, 2.75) is 25.7 Å². The molecule has 12 nitrogen and oxygen atoms in total. The first-order valence-corrected chi connectivity index (χ1v) is 16.0. The summed E-state index contributed by atoms with van der Waals surface area (Å²) < 4.78 is 69.4. The zero-order chi connectivity index (χ0) is 35.4. The fraction of sp³-hybridized carbons (Fsp3) is 0.368. The van der Waals surface area contributed by atoms with E-state index in [1.165, 1.54) is 0 Å². The summed E-state index contributed by atoms with van der Waals surface area (Å²) in [6.45, 7) is 0.310. The van der Waals surface area contributed by atoms with Crippen LogP contribution in [-0.2, 0) is 25.7 Å². The van der Waals surface area contributed by atoms with Gasteiger partial charge in [-0.25, -0.2) is 0 Å². The highest BCUT2D eigenvalue weighted by atomic mass is 16.7. The largest absolute Gasteiger partial charge is 0.493 e. The van der Waals surface area contributed by atoms with Gasteiger partial charge < -0.3 is 56.8 Å². The lowest BCUT2D eigenvalue weighted by Gasteiger charge is -2.23. The molecule has 0 atom stereocenters. The van der Waals surface area contributed by atoms with Crippen molar-refractivity contribution in [3.05, 3.63) is 58.7 Å². The van der Waals surface area contributed by atoms with Crippen LogP contribution in [0.2, 0.25) is 0 Å². The summed E-state index contributed by atoms with van der Waals surface area (Å²) in [5.74, 6) is 6.77. The summed E-state index contributed by atoms with van der Waals surface area (Å²) in [5.41, 5.74) is 5.26. The van der Waals surface area contributed by atoms with E-state index in [1.807, 2.05) is 36.4 Å². The van der Waals surface area contributed by atoms with Crippen molar-refractivity contribution in [3.8, 4) is 80.1 Å². The van der Waals surface area contributed by atoms with Gasteiger partial charge in [0.05, 0.1) is 56.9 Å². The summed E-state index contributed by atoms with van der Waals surface area (Å²) >= 11 is 0. The zero-order valence-electron chi connectivity index (χ0n) is 29.6. The summed E-state index contributed by atoms with van der Waals surface area (Å²) in [6.07, 6.45) is 2.47. The van der Waals surface area contributed by atoms with Crippen LogP contribution in [0.3, 0.4) is 0 Å². The Labute approximate surface area is 291 Å². The molecule has 2 aliphatic rings. The molecule has 0 N–H and O–H groups in total. The van der Waals surface area contributed by atoms with Gasteiger partial charge in [0.25, 0.3) is 0 Å². The fourth-order valence-corrected chi connectivity index (χ4v) is 6.56. The minimum atomic E-state index is 0.155. The molecule has 266 valence electrons. The monoisotopic (exact) mass is 690 g/mol. The molecule has 0 aromatic heterocycles. The Bertz CT molecular complexity index is 1730. The molecule has 2 heterocycles. The molecule has 0 spiro atoms. The third-order valence-corrected chi connectivity index (χ3v) is 8.85. The molecule has 2 aliphatic heterocycles. The van der Waals surface area contributed by atoms with Gasteiger partial charge in [0.1, 0.15) is 0 Å². The maximum atomic E-state index is 6.01. The Morgan fingerprint density at radius 3 is 1.12 bits per heavy atom. The molecule has 0 bridgehead atoms. The molecule has 0 aliphatic carbocycles. The molecule has 50 heavy (non-hydrogen) atoms. The Morgan fingerprint density at radius 2 is 0.780 bits per heavy atom. The Balaban J connectivity index is 1.44. The standard InChI is InChI=1S/C38H42O12/c1-39-27-13-21(15-29-35(27)49-19-47-29)9-11-23-17-25(33(43-5)37(45-7)31(23)41-3)26-18-24(32(42-4)38(46-8)34(26)44-6)12-10-22-14-28(40-2)36-30(16-22)48-20-50-36/h13-18H,9-12,19-20H2,1-8H3. The SMILES string of the molecule is COc1cc(CCc2cc(-c3cc(CCc4cc(OC)c5c(c4)OCO5)c(OC)c(OC)c3OC)c(OC)c(OC)c2OC)cc2c1OCO2. The smallest absolute Gasteiger partial charge is 0.231 e. The van der Waals surface area contributed by atoms with Crippen LogP contribution in [0.1, 0.15) is 22.3 Å². The van der Waals surface area contributed by atoms with Crippen molar-refractivity contribution in [1.29, 1.82) is 0 Å². The maximum Gasteiger partial charge on any atom is 0.231 e. The lowest BCUT2D eigenvalue weighted by molar-refractivity contribution is 0.171. The van der Waals surface area contributed by atoms with Gasteiger partial charge in [-0.15, -0.1) is 0 Å². The number of fused-ring (bicyclic) bond motifs is 2. The highest BCUT2D eigenvalue weighted by Gasteiger charge is 2.29. The normalized spacial score (nSPS) is 12.4. The van der Waals surface area contributed by atoms with Crippen molar-refractivity contribution < 1.29 is 56.8 Å². The van der Waals surface area contributed by atoms with E-state index >= 15 is 0 Å². The predicted octanol–water partition coefficient (Wildman–Crippen LogP) is 6.45. The van der Waals surface area contributed by atoms with Crippen LogP contribution in [0.4, 0.5) is 0 Å². The Hall–Kier alpha value is -5.52. The predicted molar refractivity (Wildman–Crippen MR) is 184 cm³/mol. The molecule has 4 aromatic rings. The van der Waals surface area contributed by atoms with E-state index in [2.05, 4.69) is 0 Å². The van der Waals surface area contributed by atoms with Crippen LogP contribution in [0.5, 0.6) is 69.0 Å². The fourth-order valence-electron chi connectivity index (χ4n) is 6.56. The van der Waals surface area contributed by atoms with Gasteiger partial charge in [-0.1, -0.05) is 0 Å². The molecule has 0 fully saturated rings. The van der Waals surface area contributed by atoms with Gasteiger partial charge in [-0.2, -0.15) is 0 Å². The lowest BCUT2D eigenvalue weighted by Crippen LogP contribution is -2.05. The second-order valence-electron chi connectivity index (χ2n) is 11.4. The van der Waals surface area contributed by atoms with Crippen molar-refractivity contribution >= 4 is 0 Å². The first-order valence-electron chi connectivity index (χ1n) is 16.0. The summed E-state index contributed by atoms with van der Waals surface area (Å²) in [7, 11) is 12.8. The van der Waals surface area contributed by atoms with E-state index < -0.39 is 0 Å². The van der Waals surface area contributed by atoms with Crippen LogP contribution in [0.25, 0.3) is 11.1 Å². The highest BCUT2D eigenvalue weighted by molar-refractivity contribution is 5.85. The van der Waals surface area contributed by atoms with E-state index in [1.54, 1.807) is 56.9 Å². The molecule has 0 unspecified atom stereocenters. The first kappa shape index (κ1) is 34.3. The number of hydrogen-bond donors (Lipinski definition) is 0. The summed E-state index contributed by atoms with van der Waals surface area (Å²) in [6, 6.07) is 11.9. The number of benzene rings is 4. The third-order valence-electron chi connectivity index (χ3n) is 8.85.